The summed E-state index contributed by atoms with van der Waals surface area (Å²) < 4.78 is 32.5. The largest absolute Gasteiger partial charge is 0.384 e. The number of nitrogens with one attached hydrogen (secondary N) is 1. The Bertz CT molecular complexity index is 657. The van der Waals surface area contributed by atoms with E-state index in [1.807, 2.05) is 24.3 Å². The second-order valence-electron chi connectivity index (χ2n) is 4.94. The Kier molecular flexibility index (Phi) is 3.91. The lowest BCUT2D eigenvalue weighted by molar-refractivity contribution is 0.391. The zero-order chi connectivity index (χ0) is 14.0. The van der Waals surface area contributed by atoms with Crippen LogP contribution < -0.4 is 8.91 Å². The number of nitrogens with zero attached hydrogens (tertiary/aromatic N) is 1. The molecule has 0 unspecified atom stereocenters. The van der Waals surface area contributed by atoms with Crippen LogP contribution in [0.5, 0.6) is 5.19 Å². The summed E-state index contributed by atoms with van der Waals surface area (Å²) >= 11 is 1.23. The number of para-hydroxylation sites is 1. The van der Waals surface area contributed by atoms with E-state index in [0.29, 0.717) is 0 Å². The van der Waals surface area contributed by atoms with Gasteiger partial charge in [-0.15, -0.1) is 0 Å². The summed E-state index contributed by atoms with van der Waals surface area (Å²) in [6.45, 7) is 0. The average Bonchev–Trinajstić information content (AvgIpc) is 2.80. The van der Waals surface area contributed by atoms with Crippen LogP contribution in [0.25, 0.3) is 10.2 Å². The molecule has 0 spiro atoms. The van der Waals surface area contributed by atoms with Gasteiger partial charge in [0.2, 0.25) is 0 Å². The minimum atomic E-state index is -3.78. The predicted octanol–water partition coefficient (Wildman–Crippen LogP) is 2.84. The Labute approximate surface area is 122 Å². The fourth-order valence-corrected chi connectivity index (χ4v) is 4.45. The topological polar surface area (TPSA) is 68.3 Å². The average molecular weight is 312 g/mol. The lowest BCUT2D eigenvalue weighted by Gasteiger charge is -2.21. The van der Waals surface area contributed by atoms with Crippen molar-refractivity contribution in [3.8, 4) is 5.19 Å². The molecule has 20 heavy (non-hydrogen) atoms. The molecule has 7 heteroatoms. The first kappa shape index (κ1) is 13.8. The van der Waals surface area contributed by atoms with Crippen LogP contribution in [-0.2, 0) is 10.3 Å². The molecule has 0 saturated heterocycles. The summed E-state index contributed by atoms with van der Waals surface area (Å²) in [5.41, 5.74) is 0.750. The molecule has 0 radical (unpaired) electrons. The molecular formula is C13H16N2O3S2. The smallest absolute Gasteiger partial charge is 0.340 e. The standard InChI is InChI=1S/C13H16N2O3S2/c16-20(17,15-10-6-2-1-3-7-10)18-13-14-11-8-4-5-9-12(11)19-13/h4-5,8-10,15H,1-3,6-7H2. The van der Waals surface area contributed by atoms with Crippen LogP contribution in [0.1, 0.15) is 32.1 Å². The van der Waals surface area contributed by atoms with Gasteiger partial charge in [-0.25, -0.2) is 4.98 Å². The fraction of sp³-hybridized carbons (Fsp3) is 0.462. The zero-order valence-electron chi connectivity index (χ0n) is 10.9. The highest BCUT2D eigenvalue weighted by molar-refractivity contribution is 7.85. The molecule has 108 valence electrons. The van der Waals surface area contributed by atoms with Crippen molar-refractivity contribution in [2.24, 2.45) is 0 Å². The molecule has 0 bridgehead atoms. The van der Waals surface area contributed by atoms with Gasteiger partial charge in [0.1, 0.15) is 0 Å². The molecule has 5 nitrogen and oxygen atoms in total. The van der Waals surface area contributed by atoms with E-state index >= 15 is 0 Å². The van der Waals surface area contributed by atoms with Gasteiger partial charge in [0, 0.05) is 6.04 Å². The Morgan fingerprint density at radius 1 is 1.20 bits per heavy atom. The van der Waals surface area contributed by atoms with Gasteiger partial charge in [-0.3, -0.25) is 0 Å². The molecule has 2 aromatic rings. The van der Waals surface area contributed by atoms with Gasteiger partial charge in [-0.1, -0.05) is 42.7 Å². The minimum absolute atomic E-state index is 0.0110. The number of rotatable bonds is 4. The van der Waals surface area contributed by atoms with Crippen molar-refractivity contribution >= 4 is 31.9 Å². The van der Waals surface area contributed by atoms with Crippen LogP contribution in [0, 0.1) is 0 Å². The fourth-order valence-electron chi connectivity index (χ4n) is 2.43. The molecule has 1 aromatic heterocycles. The van der Waals surface area contributed by atoms with Crippen LogP contribution in [0.2, 0.25) is 0 Å². The summed E-state index contributed by atoms with van der Waals surface area (Å²) in [5.74, 6) is 0. The molecule has 1 heterocycles. The van der Waals surface area contributed by atoms with Crippen LogP contribution in [-0.4, -0.2) is 19.4 Å². The molecule has 1 saturated carbocycles. The molecule has 0 amide bonds. The summed E-state index contributed by atoms with van der Waals surface area (Å²) in [6, 6.07) is 7.46. The monoisotopic (exact) mass is 312 g/mol. The highest BCUT2D eigenvalue weighted by Gasteiger charge is 2.22. The van der Waals surface area contributed by atoms with E-state index in [1.54, 1.807) is 0 Å². The van der Waals surface area contributed by atoms with Crippen LogP contribution in [0.4, 0.5) is 0 Å². The van der Waals surface area contributed by atoms with Gasteiger partial charge in [-0.05, 0) is 25.0 Å². The van der Waals surface area contributed by atoms with Crippen LogP contribution in [0.3, 0.4) is 0 Å². The molecular weight excluding hydrogens is 296 g/mol. The van der Waals surface area contributed by atoms with Gasteiger partial charge in [-0.2, -0.15) is 13.1 Å². The van der Waals surface area contributed by atoms with Gasteiger partial charge < -0.3 is 4.18 Å². The maximum Gasteiger partial charge on any atom is 0.384 e. The zero-order valence-corrected chi connectivity index (χ0v) is 12.5. The Balaban J connectivity index is 1.71. The van der Waals surface area contributed by atoms with E-state index in [2.05, 4.69) is 9.71 Å². The van der Waals surface area contributed by atoms with Crippen molar-refractivity contribution in [1.82, 2.24) is 9.71 Å². The number of fused-ring (bicyclic) bond motifs is 1. The van der Waals surface area contributed by atoms with Crippen molar-refractivity contribution in [2.45, 2.75) is 38.1 Å². The number of benzene rings is 1. The number of aromatic nitrogens is 1. The lowest BCUT2D eigenvalue weighted by Crippen LogP contribution is -2.38. The third-order valence-corrected chi connectivity index (χ3v) is 5.39. The van der Waals surface area contributed by atoms with E-state index in [-0.39, 0.29) is 11.2 Å². The molecule has 3 rings (SSSR count). The second-order valence-corrected chi connectivity index (χ2v) is 7.24. The maximum absolute atomic E-state index is 12.0. The van der Waals surface area contributed by atoms with Crippen molar-refractivity contribution < 1.29 is 12.6 Å². The van der Waals surface area contributed by atoms with Gasteiger partial charge in [0.15, 0.2) is 0 Å². The summed E-state index contributed by atoms with van der Waals surface area (Å²) in [7, 11) is -3.78. The van der Waals surface area contributed by atoms with Crippen molar-refractivity contribution in [2.75, 3.05) is 0 Å². The molecule has 1 N–H and O–H groups in total. The van der Waals surface area contributed by atoms with E-state index in [4.69, 9.17) is 4.18 Å². The van der Waals surface area contributed by atoms with E-state index in [0.717, 1.165) is 35.9 Å². The number of thiazole rings is 1. The summed E-state index contributed by atoms with van der Waals surface area (Å²) in [6.07, 6.45) is 5.06. The summed E-state index contributed by atoms with van der Waals surface area (Å²) in [4.78, 5) is 4.17. The minimum Gasteiger partial charge on any atom is -0.340 e. The second kappa shape index (κ2) is 5.67. The number of hydrogen-bond acceptors (Lipinski definition) is 5. The molecule has 1 aliphatic rings. The van der Waals surface area contributed by atoms with E-state index in [9.17, 15) is 8.42 Å². The molecule has 0 atom stereocenters. The van der Waals surface area contributed by atoms with Gasteiger partial charge in [0.05, 0.1) is 10.2 Å². The van der Waals surface area contributed by atoms with Crippen LogP contribution in [0.15, 0.2) is 24.3 Å². The Hall–Kier alpha value is -1.18. The van der Waals surface area contributed by atoms with Crippen molar-refractivity contribution in [3.05, 3.63) is 24.3 Å². The van der Waals surface area contributed by atoms with Gasteiger partial charge in [0.25, 0.3) is 5.19 Å². The first-order chi connectivity index (χ1) is 9.62. The van der Waals surface area contributed by atoms with E-state index in [1.165, 1.54) is 17.8 Å². The summed E-state index contributed by atoms with van der Waals surface area (Å²) in [5, 5.41) is 0.162. The highest BCUT2D eigenvalue weighted by Crippen LogP contribution is 2.28. The molecule has 1 fully saturated rings. The maximum atomic E-state index is 12.0. The molecule has 1 aromatic carbocycles. The molecule has 0 aliphatic heterocycles. The number of hydrogen-bond donors (Lipinski definition) is 1. The van der Waals surface area contributed by atoms with Crippen molar-refractivity contribution in [1.29, 1.82) is 0 Å². The molecule has 1 aliphatic carbocycles. The third-order valence-electron chi connectivity index (χ3n) is 3.37. The normalized spacial score (nSPS) is 17.4. The first-order valence-corrected chi connectivity index (χ1v) is 8.92. The Morgan fingerprint density at radius 3 is 2.70 bits per heavy atom. The lowest BCUT2D eigenvalue weighted by atomic mass is 9.96. The van der Waals surface area contributed by atoms with Gasteiger partial charge >= 0.3 is 10.3 Å². The Morgan fingerprint density at radius 2 is 1.95 bits per heavy atom. The van der Waals surface area contributed by atoms with Crippen molar-refractivity contribution in [3.63, 3.8) is 0 Å². The van der Waals surface area contributed by atoms with E-state index < -0.39 is 10.3 Å². The first-order valence-electron chi connectivity index (χ1n) is 6.70. The third kappa shape index (κ3) is 3.28. The highest BCUT2D eigenvalue weighted by atomic mass is 32.2. The SMILES string of the molecule is O=S(=O)(NC1CCCCC1)Oc1nc2ccccc2s1. The predicted molar refractivity (Wildman–Crippen MR) is 79.2 cm³/mol. The quantitative estimate of drug-likeness (QED) is 0.942. The van der Waals surface area contributed by atoms with Crippen LogP contribution >= 0.6 is 11.3 Å².